The third-order valence-corrected chi connectivity index (χ3v) is 6.74. The number of carbonyl (C=O) groups excluding carboxylic acids is 1. The normalized spacial score (nSPS) is 10.6. The molecular formula is C30H27N3OS. The van der Waals surface area contributed by atoms with Crippen LogP contribution >= 0.6 is 11.8 Å². The van der Waals surface area contributed by atoms with Gasteiger partial charge in [-0.15, -0.1) is 11.8 Å². The van der Waals surface area contributed by atoms with Gasteiger partial charge in [0.05, 0.1) is 11.3 Å². The first-order valence-corrected chi connectivity index (χ1v) is 12.5. The molecule has 1 heterocycles. The van der Waals surface area contributed by atoms with Gasteiger partial charge in [0.1, 0.15) is 11.1 Å². The Balaban J connectivity index is 1.60. The summed E-state index contributed by atoms with van der Waals surface area (Å²) < 4.78 is 0. The number of benzene rings is 3. The molecule has 4 rings (SSSR count). The molecule has 0 aliphatic heterocycles. The minimum absolute atomic E-state index is 0.0531. The fourth-order valence-electron chi connectivity index (χ4n) is 3.78. The van der Waals surface area contributed by atoms with E-state index in [2.05, 4.69) is 11.4 Å². The second-order valence-corrected chi connectivity index (χ2v) is 9.63. The average molecular weight is 478 g/mol. The molecule has 174 valence electrons. The Kier molecular flexibility index (Phi) is 7.64. The monoisotopic (exact) mass is 477 g/mol. The molecule has 0 bridgehead atoms. The lowest BCUT2D eigenvalue weighted by Gasteiger charge is -2.13. The van der Waals surface area contributed by atoms with E-state index in [1.807, 2.05) is 99.6 Å². The summed E-state index contributed by atoms with van der Waals surface area (Å²) in [5.41, 5.74) is 8.28. The number of amides is 1. The highest BCUT2D eigenvalue weighted by atomic mass is 32.2. The van der Waals surface area contributed by atoms with Crippen molar-refractivity contribution in [1.29, 1.82) is 5.26 Å². The Bertz CT molecular complexity index is 1390. The predicted octanol–water partition coefficient (Wildman–Crippen LogP) is 7.33. The second kappa shape index (κ2) is 11.0. The maximum Gasteiger partial charge on any atom is 0.225 e. The molecule has 3 aromatic carbocycles. The number of rotatable bonds is 7. The van der Waals surface area contributed by atoms with Crippen molar-refractivity contribution in [2.24, 2.45) is 0 Å². The highest BCUT2D eigenvalue weighted by molar-refractivity contribution is 7.99. The largest absolute Gasteiger partial charge is 0.326 e. The van der Waals surface area contributed by atoms with Crippen molar-refractivity contribution in [2.75, 3.05) is 11.1 Å². The van der Waals surface area contributed by atoms with Crippen LogP contribution in [-0.2, 0) is 4.79 Å². The fraction of sp³-hybridized carbons (Fsp3) is 0.167. The molecule has 0 atom stereocenters. The van der Waals surface area contributed by atoms with Crippen LogP contribution < -0.4 is 5.32 Å². The molecule has 35 heavy (non-hydrogen) atoms. The van der Waals surface area contributed by atoms with E-state index in [4.69, 9.17) is 4.98 Å². The van der Waals surface area contributed by atoms with Gasteiger partial charge in [0.25, 0.3) is 0 Å². The highest BCUT2D eigenvalue weighted by Crippen LogP contribution is 2.34. The minimum Gasteiger partial charge on any atom is -0.326 e. The number of hydrogen-bond acceptors (Lipinski definition) is 4. The smallest absolute Gasteiger partial charge is 0.225 e. The van der Waals surface area contributed by atoms with E-state index in [9.17, 15) is 10.1 Å². The first-order chi connectivity index (χ1) is 16.9. The average Bonchev–Trinajstić information content (AvgIpc) is 2.87. The van der Waals surface area contributed by atoms with Gasteiger partial charge in [0.15, 0.2) is 0 Å². The summed E-state index contributed by atoms with van der Waals surface area (Å²) in [4.78, 5) is 17.5. The van der Waals surface area contributed by atoms with Crippen LogP contribution in [-0.4, -0.2) is 16.6 Å². The number of hydrogen-bond donors (Lipinski definition) is 1. The van der Waals surface area contributed by atoms with Gasteiger partial charge < -0.3 is 5.32 Å². The molecule has 1 N–H and O–H groups in total. The van der Waals surface area contributed by atoms with E-state index < -0.39 is 0 Å². The van der Waals surface area contributed by atoms with E-state index in [1.54, 1.807) is 0 Å². The van der Waals surface area contributed by atoms with Crippen LogP contribution in [0.25, 0.3) is 22.4 Å². The predicted molar refractivity (Wildman–Crippen MR) is 144 cm³/mol. The first kappa shape index (κ1) is 24.3. The molecule has 0 saturated carbocycles. The lowest BCUT2D eigenvalue weighted by molar-refractivity contribution is -0.115. The highest BCUT2D eigenvalue weighted by Gasteiger charge is 2.16. The second-order valence-electron chi connectivity index (χ2n) is 8.54. The quantitative estimate of drug-likeness (QED) is 0.283. The van der Waals surface area contributed by atoms with Crippen molar-refractivity contribution < 1.29 is 4.79 Å². The van der Waals surface area contributed by atoms with Crippen molar-refractivity contribution in [2.45, 2.75) is 32.2 Å². The molecule has 0 unspecified atom stereocenters. The molecule has 1 aromatic heterocycles. The summed E-state index contributed by atoms with van der Waals surface area (Å²) in [5, 5.41) is 13.7. The number of nitriles is 1. The van der Waals surface area contributed by atoms with E-state index in [0.717, 1.165) is 44.8 Å². The molecule has 0 aliphatic rings. The van der Waals surface area contributed by atoms with E-state index in [0.29, 0.717) is 22.8 Å². The molecule has 1 amide bonds. The fourth-order valence-corrected chi connectivity index (χ4v) is 4.72. The van der Waals surface area contributed by atoms with E-state index >= 15 is 0 Å². The number of aromatic nitrogens is 1. The number of thioether (sulfide) groups is 1. The van der Waals surface area contributed by atoms with E-state index in [-0.39, 0.29) is 5.91 Å². The van der Waals surface area contributed by atoms with Crippen molar-refractivity contribution in [3.05, 3.63) is 101 Å². The Morgan fingerprint density at radius 3 is 2.34 bits per heavy atom. The molecular weight excluding hydrogens is 450 g/mol. The number of anilines is 1. The Morgan fingerprint density at radius 1 is 0.914 bits per heavy atom. The van der Waals surface area contributed by atoms with Crippen LogP contribution in [0.5, 0.6) is 0 Å². The lowest BCUT2D eigenvalue weighted by Crippen LogP contribution is -2.13. The van der Waals surface area contributed by atoms with Gasteiger partial charge in [0, 0.05) is 29.0 Å². The molecule has 0 fully saturated rings. The number of nitrogens with zero attached hydrogens (tertiary/aromatic N) is 2. The third-order valence-electron chi connectivity index (χ3n) is 5.77. The molecule has 0 radical (unpaired) electrons. The van der Waals surface area contributed by atoms with Gasteiger partial charge in [0.2, 0.25) is 5.91 Å². The van der Waals surface area contributed by atoms with Gasteiger partial charge in [-0.05, 0) is 49.6 Å². The van der Waals surface area contributed by atoms with E-state index in [1.165, 1.54) is 11.8 Å². The van der Waals surface area contributed by atoms with Crippen LogP contribution in [0.1, 0.15) is 28.7 Å². The van der Waals surface area contributed by atoms with Gasteiger partial charge in [-0.25, -0.2) is 4.98 Å². The van der Waals surface area contributed by atoms with Crippen LogP contribution in [0.4, 0.5) is 5.69 Å². The molecule has 0 aliphatic carbocycles. The van der Waals surface area contributed by atoms with Gasteiger partial charge in [-0.3, -0.25) is 4.79 Å². The number of nitrogens with one attached hydrogen (secondary N) is 1. The molecule has 5 heteroatoms. The maximum absolute atomic E-state index is 12.6. The third kappa shape index (κ3) is 5.98. The van der Waals surface area contributed by atoms with Crippen LogP contribution in [0.15, 0.2) is 83.9 Å². The summed E-state index contributed by atoms with van der Waals surface area (Å²) >= 11 is 1.44. The minimum atomic E-state index is -0.0531. The summed E-state index contributed by atoms with van der Waals surface area (Å²) in [5.74, 6) is 0.465. The zero-order valence-electron chi connectivity index (χ0n) is 20.1. The summed E-state index contributed by atoms with van der Waals surface area (Å²) in [6, 6.07) is 28.5. The first-order valence-electron chi connectivity index (χ1n) is 11.5. The molecule has 0 saturated heterocycles. The Labute approximate surface area is 211 Å². The summed E-state index contributed by atoms with van der Waals surface area (Å²) in [7, 11) is 0. The zero-order chi connectivity index (χ0) is 24.8. The number of aryl methyl sites for hydroxylation is 3. The van der Waals surface area contributed by atoms with Crippen molar-refractivity contribution in [3.63, 3.8) is 0 Å². The number of pyridine rings is 1. The topological polar surface area (TPSA) is 65.8 Å². The summed E-state index contributed by atoms with van der Waals surface area (Å²) in [6.45, 7) is 6.03. The van der Waals surface area contributed by atoms with Crippen LogP contribution in [0, 0.1) is 32.1 Å². The Hall–Kier alpha value is -3.88. The molecule has 4 nitrogen and oxygen atoms in total. The molecule has 4 aromatic rings. The standard InChI is InChI=1S/C30H27N3OS/c1-20-10-13-23(14-11-20)25-18-28(24-7-5-4-6-8-24)33-30(26(25)19-31)35-16-15-29(34)32-27-17-21(2)9-12-22(27)3/h4-14,17-18H,15-16H2,1-3H3,(H,32,34). The zero-order valence-corrected chi connectivity index (χ0v) is 20.9. The van der Waals surface area contributed by atoms with Crippen molar-refractivity contribution in [1.82, 2.24) is 4.98 Å². The van der Waals surface area contributed by atoms with Crippen molar-refractivity contribution >= 4 is 23.4 Å². The molecule has 0 spiro atoms. The SMILES string of the molecule is Cc1ccc(-c2cc(-c3ccccc3)nc(SCCC(=O)Nc3cc(C)ccc3C)c2C#N)cc1. The van der Waals surface area contributed by atoms with Crippen molar-refractivity contribution in [3.8, 4) is 28.5 Å². The van der Waals surface area contributed by atoms with Crippen LogP contribution in [0.3, 0.4) is 0 Å². The van der Waals surface area contributed by atoms with Gasteiger partial charge in [-0.2, -0.15) is 5.26 Å². The van der Waals surface area contributed by atoms with Gasteiger partial charge >= 0.3 is 0 Å². The number of carbonyl (C=O) groups is 1. The Morgan fingerprint density at radius 2 is 1.63 bits per heavy atom. The summed E-state index contributed by atoms with van der Waals surface area (Å²) in [6.07, 6.45) is 0.319. The van der Waals surface area contributed by atoms with Crippen LogP contribution in [0.2, 0.25) is 0 Å². The lowest BCUT2D eigenvalue weighted by atomic mass is 9.98. The van der Waals surface area contributed by atoms with Gasteiger partial charge in [-0.1, -0.05) is 72.3 Å². The maximum atomic E-state index is 12.6.